The third-order valence-electron chi connectivity index (χ3n) is 5.37. The number of anilines is 1. The number of hydrogen-bond donors (Lipinski definition) is 2. The molecule has 11 heteroatoms. The maximum atomic E-state index is 12.7. The van der Waals surface area contributed by atoms with Crippen molar-refractivity contribution in [2.75, 3.05) is 18.4 Å². The fourth-order valence-electron chi connectivity index (χ4n) is 3.62. The lowest BCUT2D eigenvalue weighted by molar-refractivity contribution is 0.102. The maximum absolute atomic E-state index is 12.7. The van der Waals surface area contributed by atoms with Gasteiger partial charge in [-0.1, -0.05) is 12.1 Å². The van der Waals surface area contributed by atoms with Gasteiger partial charge in [0.05, 0.1) is 6.04 Å². The number of nitrogens with zero attached hydrogens (tertiary/aromatic N) is 5. The van der Waals surface area contributed by atoms with Crippen molar-refractivity contribution in [3.05, 3.63) is 42.2 Å². The molecule has 0 unspecified atom stereocenters. The summed E-state index contributed by atoms with van der Waals surface area (Å²) in [5.74, 6) is 0.240. The van der Waals surface area contributed by atoms with E-state index in [1.54, 1.807) is 16.8 Å². The van der Waals surface area contributed by atoms with Crippen LogP contribution in [0.25, 0.3) is 11.4 Å². The Labute approximate surface area is 173 Å². The number of aromatic amines is 1. The Bertz CT molecular complexity index is 1190. The van der Waals surface area contributed by atoms with Crippen molar-refractivity contribution in [1.82, 2.24) is 29.5 Å². The second-order valence-electron chi connectivity index (χ2n) is 7.57. The molecular weight excluding hydrogens is 406 g/mol. The van der Waals surface area contributed by atoms with E-state index < -0.39 is 15.9 Å². The number of hydrogen-bond acceptors (Lipinski definition) is 6. The van der Waals surface area contributed by atoms with Crippen molar-refractivity contribution in [2.24, 2.45) is 0 Å². The van der Waals surface area contributed by atoms with Crippen LogP contribution in [0.15, 0.2) is 41.4 Å². The van der Waals surface area contributed by atoms with Crippen molar-refractivity contribution in [3.8, 4) is 11.4 Å². The number of carbonyl (C=O) groups excluding carboxylic acids is 1. The van der Waals surface area contributed by atoms with Crippen molar-refractivity contribution in [1.29, 1.82) is 0 Å². The Morgan fingerprint density at radius 3 is 2.73 bits per heavy atom. The lowest BCUT2D eigenvalue weighted by Gasteiger charge is -2.13. The van der Waals surface area contributed by atoms with Gasteiger partial charge in [-0.05, 0) is 54.3 Å². The average molecular weight is 427 g/mol. The predicted octanol–water partition coefficient (Wildman–Crippen LogP) is 2.04. The fraction of sp³-hybridized carbons (Fsp3) is 0.368. The molecule has 0 atom stereocenters. The van der Waals surface area contributed by atoms with Crippen molar-refractivity contribution in [2.45, 2.75) is 36.6 Å². The van der Waals surface area contributed by atoms with E-state index in [0.717, 1.165) is 31.2 Å². The van der Waals surface area contributed by atoms with Gasteiger partial charge in [-0.15, -0.1) is 5.10 Å². The number of H-pyrrole nitrogens is 1. The molecule has 156 valence electrons. The molecule has 2 aromatic heterocycles. The van der Waals surface area contributed by atoms with Crippen LogP contribution in [0.3, 0.4) is 0 Å². The van der Waals surface area contributed by atoms with Crippen LogP contribution < -0.4 is 5.32 Å². The van der Waals surface area contributed by atoms with Gasteiger partial charge in [-0.2, -0.15) is 4.31 Å². The Kier molecular flexibility index (Phi) is 4.63. The molecule has 30 heavy (non-hydrogen) atoms. The fourth-order valence-corrected chi connectivity index (χ4v) is 5.13. The van der Waals surface area contributed by atoms with E-state index in [-0.39, 0.29) is 10.6 Å². The zero-order valence-electron chi connectivity index (χ0n) is 16.2. The minimum Gasteiger partial charge on any atom is -0.356 e. The van der Waals surface area contributed by atoms with Gasteiger partial charge in [0.1, 0.15) is 10.6 Å². The first-order chi connectivity index (χ1) is 14.5. The van der Waals surface area contributed by atoms with Crippen LogP contribution in [0.1, 0.15) is 42.2 Å². The number of aromatic nitrogens is 5. The van der Waals surface area contributed by atoms with Crippen molar-refractivity contribution < 1.29 is 13.2 Å². The molecule has 10 nitrogen and oxygen atoms in total. The quantitative estimate of drug-likeness (QED) is 0.620. The number of amides is 1. The molecule has 0 bridgehead atoms. The summed E-state index contributed by atoms with van der Waals surface area (Å²) < 4.78 is 28.6. The van der Waals surface area contributed by atoms with Crippen LogP contribution >= 0.6 is 0 Å². The van der Waals surface area contributed by atoms with Gasteiger partial charge in [-0.3, -0.25) is 4.79 Å². The Hall–Kier alpha value is -3.05. The molecule has 3 aromatic rings. The standard InChI is InChI=1S/C19H21N7O3S/c27-19(17-11-16(12-20-17)30(28,29)25-8-1-2-9-25)21-14-5-3-4-13(10-14)18-22-23-24-26(18)15-6-7-15/h3-5,10-12,15,20H,1-2,6-9H2,(H,21,27). The summed E-state index contributed by atoms with van der Waals surface area (Å²) in [5, 5.41) is 14.7. The molecule has 2 fully saturated rings. The third-order valence-corrected chi connectivity index (χ3v) is 7.24. The number of nitrogens with one attached hydrogen (secondary N) is 2. The van der Waals surface area contributed by atoms with Crippen LogP contribution in [0.4, 0.5) is 5.69 Å². The molecule has 5 rings (SSSR count). The first-order valence-corrected chi connectivity index (χ1v) is 11.3. The SMILES string of the molecule is O=C(Nc1cccc(-c2nnnn2C2CC2)c1)c1cc(S(=O)(=O)N2CCCC2)c[nH]1. The van der Waals surface area contributed by atoms with E-state index >= 15 is 0 Å². The summed E-state index contributed by atoms with van der Waals surface area (Å²) in [4.78, 5) is 15.5. The summed E-state index contributed by atoms with van der Waals surface area (Å²) in [5.41, 5.74) is 1.55. The van der Waals surface area contributed by atoms with Gasteiger partial charge in [0.2, 0.25) is 10.0 Å². The molecule has 1 saturated carbocycles. The number of benzene rings is 1. The molecule has 1 aliphatic carbocycles. The molecule has 1 aromatic carbocycles. The molecular formula is C19H21N7O3S. The number of sulfonamides is 1. The Balaban J connectivity index is 1.34. The average Bonchev–Trinajstić information content (AvgIpc) is 3.20. The number of rotatable bonds is 6. The summed E-state index contributed by atoms with van der Waals surface area (Å²) in [7, 11) is -3.57. The largest absolute Gasteiger partial charge is 0.356 e. The molecule has 2 aliphatic rings. The van der Waals surface area contributed by atoms with E-state index in [9.17, 15) is 13.2 Å². The minimum absolute atomic E-state index is 0.104. The van der Waals surface area contributed by atoms with Gasteiger partial charge in [0, 0.05) is 30.5 Å². The first-order valence-electron chi connectivity index (χ1n) is 9.90. The van der Waals surface area contributed by atoms with Gasteiger partial charge in [0.25, 0.3) is 5.91 Å². The monoisotopic (exact) mass is 427 g/mol. The van der Waals surface area contributed by atoms with Gasteiger partial charge in [-0.25, -0.2) is 13.1 Å². The number of carbonyl (C=O) groups is 1. The van der Waals surface area contributed by atoms with E-state index in [1.165, 1.54) is 16.6 Å². The minimum atomic E-state index is -3.57. The third kappa shape index (κ3) is 3.50. The van der Waals surface area contributed by atoms with Crippen LogP contribution in [0, 0.1) is 0 Å². The predicted molar refractivity (Wildman–Crippen MR) is 108 cm³/mol. The van der Waals surface area contributed by atoms with Crippen LogP contribution in [-0.2, 0) is 10.0 Å². The Morgan fingerprint density at radius 1 is 1.17 bits per heavy atom. The van der Waals surface area contributed by atoms with E-state index in [2.05, 4.69) is 25.8 Å². The highest BCUT2D eigenvalue weighted by Crippen LogP contribution is 2.36. The smallest absolute Gasteiger partial charge is 0.272 e. The van der Waals surface area contributed by atoms with E-state index in [4.69, 9.17) is 0 Å². The molecule has 0 spiro atoms. The summed E-state index contributed by atoms with van der Waals surface area (Å²) >= 11 is 0. The normalized spacial score (nSPS) is 17.3. The van der Waals surface area contributed by atoms with E-state index in [1.807, 2.05) is 12.1 Å². The lowest BCUT2D eigenvalue weighted by Crippen LogP contribution is -2.27. The van der Waals surface area contributed by atoms with Gasteiger partial charge in [0.15, 0.2) is 5.82 Å². The van der Waals surface area contributed by atoms with Crippen molar-refractivity contribution in [3.63, 3.8) is 0 Å². The molecule has 1 saturated heterocycles. The zero-order valence-corrected chi connectivity index (χ0v) is 17.0. The van der Waals surface area contributed by atoms with Gasteiger partial charge < -0.3 is 10.3 Å². The molecule has 1 aliphatic heterocycles. The lowest BCUT2D eigenvalue weighted by atomic mass is 10.2. The summed E-state index contributed by atoms with van der Waals surface area (Å²) in [6.45, 7) is 1.03. The maximum Gasteiger partial charge on any atom is 0.272 e. The molecule has 1 amide bonds. The topological polar surface area (TPSA) is 126 Å². The molecule has 0 radical (unpaired) electrons. The van der Waals surface area contributed by atoms with Gasteiger partial charge >= 0.3 is 0 Å². The second-order valence-corrected chi connectivity index (χ2v) is 9.51. The highest BCUT2D eigenvalue weighted by atomic mass is 32.2. The Morgan fingerprint density at radius 2 is 1.97 bits per heavy atom. The van der Waals surface area contributed by atoms with Crippen LogP contribution in [0.2, 0.25) is 0 Å². The second kappa shape index (κ2) is 7.33. The van der Waals surface area contributed by atoms with Crippen molar-refractivity contribution >= 4 is 21.6 Å². The zero-order chi connectivity index (χ0) is 20.7. The number of tetrazole rings is 1. The highest BCUT2D eigenvalue weighted by Gasteiger charge is 2.29. The summed E-state index contributed by atoms with van der Waals surface area (Å²) in [6, 6.07) is 8.97. The molecule has 2 N–H and O–H groups in total. The molecule has 3 heterocycles. The summed E-state index contributed by atoms with van der Waals surface area (Å²) in [6.07, 6.45) is 5.20. The van der Waals surface area contributed by atoms with E-state index in [0.29, 0.717) is 30.6 Å². The highest BCUT2D eigenvalue weighted by molar-refractivity contribution is 7.89. The first kappa shape index (κ1) is 18.9. The van der Waals surface area contributed by atoms with Crippen LogP contribution in [0.5, 0.6) is 0 Å². The van der Waals surface area contributed by atoms with Crippen LogP contribution in [-0.4, -0.2) is 56.9 Å².